The van der Waals surface area contributed by atoms with E-state index >= 15 is 0 Å². The Labute approximate surface area is 145 Å². The van der Waals surface area contributed by atoms with Crippen molar-refractivity contribution in [3.8, 4) is 11.3 Å². The molecular weight excluding hydrogens is 316 g/mol. The maximum Gasteiger partial charge on any atom is 0.279 e. The minimum absolute atomic E-state index is 0.259. The molecule has 128 valence electrons. The molecule has 0 spiro atoms. The van der Waals surface area contributed by atoms with Crippen molar-refractivity contribution in [3.05, 3.63) is 54.4 Å². The van der Waals surface area contributed by atoms with Crippen molar-refractivity contribution >= 4 is 11.7 Å². The summed E-state index contributed by atoms with van der Waals surface area (Å²) in [6.45, 7) is 0. The summed E-state index contributed by atoms with van der Waals surface area (Å²) in [5.41, 5.74) is 1.15. The van der Waals surface area contributed by atoms with E-state index in [1.54, 1.807) is 12.3 Å². The Morgan fingerprint density at radius 3 is 2.72 bits per heavy atom. The molecule has 1 aliphatic carbocycles. The average Bonchev–Trinajstić information content (AvgIpc) is 3.33. The van der Waals surface area contributed by atoms with Crippen molar-refractivity contribution in [3.63, 3.8) is 0 Å². The van der Waals surface area contributed by atoms with Crippen molar-refractivity contribution in [1.29, 1.82) is 0 Å². The number of nitrogens with zero attached hydrogens (tertiary/aromatic N) is 3. The fraction of sp³-hybridized carbons (Fsp3) is 0.316. The van der Waals surface area contributed by atoms with Crippen LogP contribution in [-0.2, 0) is 0 Å². The summed E-state index contributed by atoms with van der Waals surface area (Å²) in [7, 11) is 0. The van der Waals surface area contributed by atoms with Gasteiger partial charge >= 0.3 is 0 Å². The van der Waals surface area contributed by atoms with E-state index in [0.717, 1.165) is 18.4 Å². The third kappa shape index (κ3) is 3.33. The largest absolute Gasteiger partial charge is 0.355 e. The van der Waals surface area contributed by atoms with E-state index in [1.807, 2.05) is 41.1 Å². The molecule has 1 N–H and O–H groups in total. The van der Waals surface area contributed by atoms with Crippen LogP contribution in [0.25, 0.3) is 11.3 Å². The second kappa shape index (κ2) is 6.93. The summed E-state index contributed by atoms with van der Waals surface area (Å²) in [6.07, 6.45) is 7.63. The summed E-state index contributed by atoms with van der Waals surface area (Å²) in [4.78, 5) is 12.5. The van der Waals surface area contributed by atoms with Gasteiger partial charge in [-0.05, 0) is 12.8 Å². The first-order valence-electron chi connectivity index (χ1n) is 8.68. The third-order valence-corrected chi connectivity index (χ3v) is 4.63. The predicted molar refractivity (Wildman–Crippen MR) is 94.2 cm³/mol. The Morgan fingerprint density at radius 2 is 1.92 bits per heavy atom. The number of aromatic nitrogens is 3. The molecule has 25 heavy (non-hydrogen) atoms. The number of anilines is 1. The van der Waals surface area contributed by atoms with Crippen LogP contribution in [0.1, 0.15) is 48.6 Å². The van der Waals surface area contributed by atoms with Crippen LogP contribution in [0, 0.1) is 0 Å². The molecule has 2 aromatic heterocycles. The maximum absolute atomic E-state index is 12.5. The second-order valence-electron chi connectivity index (χ2n) is 6.35. The summed E-state index contributed by atoms with van der Waals surface area (Å²) in [5, 5.41) is 11.2. The highest BCUT2D eigenvalue weighted by atomic mass is 16.5. The SMILES string of the molecule is O=C(Nc1ccnn1C1CCCCC1)c1cc(-c2ccccc2)on1. The first kappa shape index (κ1) is 15.6. The molecule has 0 atom stereocenters. The lowest BCUT2D eigenvalue weighted by Gasteiger charge is -2.23. The van der Waals surface area contributed by atoms with Gasteiger partial charge in [0, 0.05) is 17.7 Å². The topological polar surface area (TPSA) is 73.0 Å². The van der Waals surface area contributed by atoms with Crippen LogP contribution in [0.15, 0.2) is 53.2 Å². The zero-order valence-electron chi connectivity index (χ0n) is 13.9. The Kier molecular flexibility index (Phi) is 4.33. The molecule has 2 heterocycles. The highest BCUT2D eigenvalue weighted by molar-refractivity contribution is 6.02. The van der Waals surface area contributed by atoms with Gasteiger partial charge in [0.2, 0.25) is 0 Å². The van der Waals surface area contributed by atoms with Gasteiger partial charge < -0.3 is 9.84 Å². The van der Waals surface area contributed by atoms with Gasteiger partial charge in [0.1, 0.15) is 5.82 Å². The normalized spacial score (nSPS) is 15.2. The van der Waals surface area contributed by atoms with E-state index in [1.165, 1.54) is 19.3 Å². The van der Waals surface area contributed by atoms with Gasteiger partial charge in [0.25, 0.3) is 5.91 Å². The lowest BCUT2D eigenvalue weighted by Crippen LogP contribution is -2.20. The van der Waals surface area contributed by atoms with Gasteiger partial charge in [-0.15, -0.1) is 0 Å². The first-order chi connectivity index (χ1) is 12.3. The number of amides is 1. The standard InChI is InChI=1S/C19H20N4O2/c24-19(16-13-17(25-22-16)14-7-3-1-4-8-14)21-18-11-12-20-23(18)15-9-5-2-6-10-15/h1,3-4,7-8,11-13,15H,2,5-6,9-10H2,(H,21,24). The molecule has 6 nitrogen and oxygen atoms in total. The van der Waals surface area contributed by atoms with Crippen molar-refractivity contribution in [2.45, 2.75) is 38.1 Å². The Bertz CT molecular complexity index is 847. The van der Waals surface area contributed by atoms with Crippen LogP contribution in [0.4, 0.5) is 5.82 Å². The molecule has 0 aliphatic heterocycles. The number of carbonyl (C=O) groups is 1. The minimum Gasteiger partial charge on any atom is -0.355 e. The van der Waals surface area contributed by atoms with Crippen molar-refractivity contribution < 1.29 is 9.32 Å². The lowest BCUT2D eigenvalue weighted by molar-refractivity contribution is 0.101. The second-order valence-corrected chi connectivity index (χ2v) is 6.35. The van der Waals surface area contributed by atoms with Crippen molar-refractivity contribution in [2.75, 3.05) is 5.32 Å². The van der Waals surface area contributed by atoms with Gasteiger partial charge in [-0.3, -0.25) is 4.79 Å². The van der Waals surface area contributed by atoms with Crippen LogP contribution in [-0.4, -0.2) is 20.8 Å². The number of carbonyl (C=O) groups excluding carboxylic acids is 1. The predicted octanol–water partition coefficient (Wildman–Crippen LogP) is 4.30. The molecule has 0 unspecified atom stereocenters. The minimum atomic E-state index is -0.288. The lowest BCUT2D eigenvalue weighted by atomic mass is 9.96. The molecular formula is C19H20N4O2. The van der Waals surface area contributed by atoms with Crippen molar-refractivity contribution in [2.24, 2.45) is 0 Å². The van der Waals surface area contributed by atoms with Crippen LogP contribution in [0.3, 0.4) is 0 Å². The van der Waals surface area contributed by atoms with E-state index in [4.69, 9.17) is 4.52 Å². The number of rotatable bonds is 4. The van der Waals surface area contributed by atoms with Gasteiger partial charge in [0.15, 0.2) is 11.5 Å². The summed E-state index contributed by atoms with van der Waals surface area (Å²) in [6, 6.07) is 13.4. The van der Waals surface area contributed by atoms with Crippen LogP contribution >= 0.6 is 0 Å². The van der Waals surface area contributed by atoms with E-state index in [0.29, 0.717) is 17.6 Å². The van der Waals surface area contributed by atoms with Gasteiger partial charge in [0.05, 0.1) is 12.2 Å². The molecule has 1 saturated carbocycles. The zero-order chi connectivity index (χ0) is 17.1. The number of hydrogen-bond acceptors (Lipinski definition) is 4. The molecule has 6 heteroatoms. The van der Waals surface area contributed by atoms with Gasteiger partial charge in [-0.2, -0.15) is 5.10 Å². The quantitative estimate of drug-likeness (QED) is 0.771. The highest BCUT2D eigenvalue weighted by Crippen LogP contribution is 2.30. The van der Waals surface area contributed by atoms with Gasteiger partial charge in [-0.25, -0.2) is 4.68 Å². The molecule has 0 radical (unpaired) electrons. The Hall–Kier alpha value is -2.89. The molecule has 0 saturated heterocycles. The number of nitrogens with one attached hydrogen (secondary N) is 1. The van der Waals surface area contributed by atoms with Crippen molar-refractivity contribution in [1.82, 2.24) is 14.9 Å². The average molecular weight is 336 g/mol. The summed E-state index contributed by atoms with van der Waals surface area (Å²) in [5.74, 6) is 0.996. The molecule has 1 aliphatic rings. The number of hydrogen-bond donors (Lipinski definition) is 1. The fourth-order valence-electron chi connectivity index (χ4n) is 3.33. The summed E-state index contributed by atoms with van der Waals surface area (Å²) >= 11 is 0. The monoisotopic (exact) mass is 336 g/mol. The van der Waals surface area contributed by atoms with E-state index < -0.39 is 0 Å². The Balaban J connectivity index is 1.50. The first-order valence-corrected chi connectivity index (χ1v) is 8.68. The van der Waals surface area contributed by atoms with Gasteiger partial charge in [-0.1, -0.05) is 54.8 Å². The molecule has 1 aromatic carbocycles. The van der Waals surface area contributed by atoms with E-state index in [9.17, 15) is 4.79 Å². The fourth-order valence-corrected chi connectivity index (χ4v) is 3.33. The molecule has 1 fully saturated rings. The molecule has 4 rings (SSSR count). The third-order valence-electron chi connectivity index (χ3n) is 4.63. The molecule has 3 aromatic rings. The van der Waals surface area contributed by atoms with Crippen LogP contribution in [0.5, 0.6) is 0 Å². The van der Waals surface area contributed by atoms with Crippen LogP contribution < -0.4 is 5.32 Å². The Morgan fingerprint density at radius 1 is 1.12 bits per heavy atom. The summed E-state index contributed by atoms with van der Waals surface area (Å²) < 4.78 is 7.23. The zero-order valence-corrected chi connectivity index (χ0v) is 13.9. The van der Waals surface area contributed by atoms with E-state index in [2.05, 4.69) is 15.6 Å². The number of benzene rings is 1. The smallest absolute Gasteiger partial charge is 0.279 e. The highest BCUT2D eigenvalue weighted by Gasteiger charge is 2.20. The van der Waals surface area contributed by atoms with Crippen LogP contribution in [0.2, 0.25) is 0 Å². The van der Waals surface area contributed by atoms with E-state index in [-0.39, 0.29) is 11.6 Å². The molecule has 0 bridgehead atoms. The molecule has 1 amide bonds. The maximum atomic E-state index is 12.5.